The number of aromatic hydroxyl groups is 1. The SMILES string of the molecule is C=C[C@H]1[C@H](O[C@@H]2O[C@H](CO)[C@@H](O)[C@H](O)[C@H]2OC(=O)c2cccc(O[C@@H]3O[C@H](CO)[C@@H](O)[C@H](O)[C@H]3O)c2O)OC=C2C(=O)OCC[C@H]21. The smallest absolute Gasteiger partial charge is 0.342 e. The van der Waals surface area contributed by atoms with Crippen molar-refractivity contribution in [3.63, 3.8) is 0 Å². The fraction of sp³-hybridized carbons (Fsp3) is 0.586. The number of hydrogen-bond donors (Lipinski definition) is 8. The summed E-state index contributed by atoms with van der Waals surface area (Å²) >= 11 is 0. The predicted octanol–water partition coefficient (Wildman–Crippen LogP) is -2.84. The number of benzene rings is 1. The molecule has 3 fully saturated rings. The molecule has 4 heterocycles. The van der Waals surface area contributed by atoms with Gasteiger partial charge in [0.25, 0.3) is 0 Å². The number of aliphatic hydroxyl groups excluding tert-OH is 7. The van der Waals surface area contributed by atoms with Crippen molar-refractivity contribution in [1.82, 2.24) is 0 Å². The molecule has 1 aromatic rings. The maximum absolute atomic E-state index is 13.3. The van der Waals surface area contributed by atoms with Crippen LogP contribution in [0.2, 0.25) is 0 Å². The Bertz CT molecular complexity index is 1300. The number of ether oxygens (including phenoxy) is 7. The summed E-state index contributed by atoms with van der Waals surface area (Å²) in [5, 5.41) is 81.8. The second-order valence-electron chi connectivity index (χ2n) is 11.1. The molecule has 5 rings (SSSR count). The summed E-state index contributed by atoms with van der Waals surface area (Å²) in [5.74, 6) is -4.07. The molecule has 254 valence electrons. The third kappa shape index (κ3) is 6.43. The number of para-hydroxylation sites is 1. The molecule has 46 heavy (non-hydrogen) atoms. The highest BCUT2D eigenvalue weighted by Crippen LogP contribution is 2.40. The van der Waals surface area contributed by atoms with Gasteiger partial charge in [0.15, 0.2) is 17.6 Å². The summed E-state index contributed by atoms with van der Waals surface area (Å²) in [6.07, 6.45) is -14.7. The molecule has 0 bridgehead atoms. The second-order valence-corrected chi connectivity index (χ2v) is 11.1. The molecular formula is C29H36O17. The van der Waals surface area contributed by atoms with Crippen molar-refractivity contribution in [2.45, 2.75) is 74.1 Å². The average Bonchev–Trinajstić information content (AvgIpc) is 3.05. The van der Waals surface area contributed by atoms with Crippen LogP contribution in [0.1, 0.15) is 16.8 Å². The lowest BCUT2D eigenvalue weighted by atomic mass is 9.81. The zero-order chi connectivity index (χ0) is 33.3. The molecule has 3 saturated heterocycles. The normalized spacial score (nSPS) is 39.2. The lowest BCUT2D eigenvalue weighted by Crippen LogP contribution is -2.61. The number of phenols is 1. The fourth-order valence-corrected chi connectivity index (χ4v) is 5.71. The molecule has 17 nitrogen and oxygen atoms in total. The summed E-state index contributed by atoms with van der Waals surface area (Å²) in [6, 6.07) is 3.58. The quantitative estimate of drug-likeness (QED) is 0.0983. The van der Waals surface area contributed by atoms with E-state index in [0.29, 0.717) is 6.42 Å². The third-order valence-electron chi connectivity index (χ3n) is 8.32. The van der Waals surface area contributed by atoms with Crippen molar-refractivity contribution in [3.8, 4) is 11.5 Å². The maximum Gasteiger partial charge on any atom is 0.342 e. The van der Waals surface area contributed by atoms with E-state index in [1.54, 1.807) is 0 Å². The molecule has 17 heteroatoms. The number of fused-ring (bicyclic) bond motifs is 1. The molecule has 13 atom stereocenters. The van der Waals surface area contributed by atoms with Crippen LogP contribution in [0.5, 0.6) is 11.5 Å². The van der Waals surface area contributed by atoms with Gasteiger partial charge in [0, 0.05) is 11.8 Å². The highest BCUT2D eigenvalue weighted by Gasteiger charge is 2.51. The Morgan fingerprint density at radius 1 is 0.935 bits per heavy atom. The van der Waals surface area contributed by atoms with E-state index in [9.17, 15) is 50.4 Å². The molecule has 0 saturated carbocycles. The minimum Gasteiger partial charge on any atom is -0.504 e. The Morgan fingerprint density at radius 3 is 2.28 bits per heavy atom. The number of rotatable bonds is 9. The van der Waals surface area contributed by atoms with Crippen molar-refractivity contribution in [3.05, 3.63) is 48.3 Å². The van der Waals surface area contributed by atoms with Gasteiger partial charge in [-0.2, -0.15) is 0 Å². The van der Waals surface area contributed by atoms with Crippen molar-refractivity contribution < 1.29 is 83.6 Å². The summed E-state index contributed by atoms with van der Waals surface area (Å²) in [6.45, 7) is 2.47. The zero-order valence-electron chi connectivity index (χ0n) is 24.2. The van der Waals surface area contributed by atoms with Crippen LogP contribution >= 0.6 is 0 Å². The average molecular weight is 657 g/mol. The van der Waals surface area contributed by atoms with Crippen molar-refractivity contribution in [2.24, 2.45) is 11.8 Å². The summed E-state index contributed by atoms with van der Waals surface area (Å²) in [7, 11) is 0. The molecule has 0 aliphatic carbocycles. The lowest BCUT2D eigenvalue weighted by Gasteiger charge is -2.44. The summed E-state index contributed by atoms with van der Waals surface area (Å²) in [5.41, 5.74) is -0.244. The van der Waals surface area contributed by atoms with Gasteiger partial charge in [0.1, 0.15) is 48.3 Å². The molecule has 0 spiro atoms. The zero-order valence-corrected chi connectivity index (χ0v) is 24.2. The van der Waals surface area contributed by atoms with Gasteiger partial charge in [0.2, 0.25) is 18.9 Å². The van der Waals surface area contributed by atoms with Crippen LogP contribution in [-0.2, 0) is 33.2 Å². The van der Waals surface area contributed by atoms with Crippen LogP contribution < -0.4 is 4.74 Å². The number of esters is 2. The van der Waals surface area contributed by atoms with Crippen molar-refractivity contribution in [1.29, 1.82) is 0 Å². The van der Waals surface area contributed by atoms with E-state index < -0.39 is 122 Å². The molecule has 4 aliphatic heterocycles. The number of aliphatic hydroxyl groups is 7. The van der Waals surface area contributed by atoms with Gasteiger partial charge in [-0.1, -0.05) is 12.1 Å². The molecule has 0 aromatic heterocycles. The van der Waals surface area contributed by atoms with E-state index in [1.165, 1.54) is 24.5 Å². The topological polar surface area (TPSA) is 261 Å². The van der Waals surface area contributed by atoms with Gasteiger partial charge in [-0.3, -0.25) is 0 Å². The first-order valence-corrected chi connectivity index (χ1v) is 14.4. The van der Waals surface area contributed by atoms with Crippen LogP contribution in [0.4, 0.5) is 0 Å². The lowest BCUT2D eigenvalue weighted by molar-refractivity contribution is -0.338. The second kappa shape index (κ2) is 14.2. The largest absolute Gasteiger partial charge is 0.504 e. The molecule has 0 amide bonds. The number of hydrogen-bond acceptors (Lipinski definition) is 17. The van der Waals surface area contributed by atoms with Gasteiger partial charge in [0.05, 0.1) is 31.7 Å². The van der Waals surface area contributed by atoms with Crippen LogP contribution in [0.25, 0.3) is 0 Å². The molecular weight excluding hydrogens is 620 g/mol. The molecule has 0 radical (unpaired) electrons. The van der Waals surface area contributed by atoms with Crippen LogP contribution in [0.15, 0.2) is 42.7 Å². The summed E-state index contributed by atoms with van der Waals surface area (Å²) < 4.78 is 38.5. The minimum atomic E-state index is -1.86. The monoisotopic (exact) mass is 656 g/mol. The first-order valence-electron chi connectivity index (χ1n) is 14.4. The van der Waals surface area contributed by atoms with Crippen LogP contribution in [0, 0.1) is 11.8 Å². The van der Waals surface area contributed by atoms with E-state index in [2.05, 4.69) is 6.58 Å². The van der Waals surface area contributed by atoms with E-state index >= 15 is 0 Å². The number of carbonyl (C=O) groups is 2. The van der Waals surface area contributed by atoms with Crippen LogP contribution in [-0.4, -0.2) is 140 Å². The highest BCUT2D eigenvalue weighted by molar-refractivity contribution is 5.93. The molecule has 0 unspecified atom stereocenters. The number of phenolic OH excluding ortho intramolecular Hbond substituents is 1. The third-order valence-corrected chi connectivity index (χ3v) is 8.32. The highest BCUT2D eigenvalue weighted by atomic mass is 16.8. The Kier molecular flexibility index (Phi) is 10.5. The van der Waals surface area contributed by atoms with Crippen LogP contribution in [0.3, 0.4) is 0 Å². The Labute approximate surface area is 261 Å². The summed E-state index contributed by atoms with van der Waals surface area (Å²) in [4.78, 5) is 25.5. The Hall–Kier alpha value is -3.36. The van der Waals surface area contributed by atoms with Crippen molar-refractivity contribution in [2.75, 3.05) is 19.8 Å². The van der Waals surface area contributed by atoms with Gasteiger partial charge in [-0.25, -0.2) is 9.59 Å². The van der Waals surface area contributed by atoms with E-state index in [0.717, 1.165) is 6.07 Å². The van der Waals surface area contributed by atoms with Gasteiger partial charge in [-0.15, -0.1) is 6.58 Å². The fourth-order valence-electron chi connectivity index (χ4n) is 5.71. The van der Waals surface area contributed by atoms with Crippen molar-refractivity contribution >= 4 is 11.9 Å². The first-order chi connectivity index (χ1) is 22.0. The van der Waals surface area contributed by atoms with E-state index in [1.807, 2.05) is 0 Å². The standard InChI is InChI=1S/C29H36O17/c1-2-11-12-6-7-40-25(38)14(12)10-41-27(11)46-29-24(22(36)20(34)17(9-31)44-29)45-26(39)13-4-3-5-15(18(13)32)42-28-23(37)21(35)19(33)16(8-30)43-28/h2-5,10-12,16-17,19-24,27-37H,1,6-9H2/t11-,12+,16-,17-,19-,20-,21+,22+,23-,24-,27+,28-,29+/m1/s1. The number of carbonyl (C=O) groups excluding carboxylic acids is 2. The van der Waals surface area contributed by atoms with Gasteiger partial charge >= 0.3 is 11.9 Å². The maximum atomic E-state index is 13.3. The molecule has 4 aliphatic rings. The van der Waals surface area contributed by atoms with Gasteiger partial charge in [-0.05, 0) is 18.6 Å². The van der Waals surface area contributed by atoms with Gasteiger partial charge < -0.3 is 74.0 Å². The predicted molar refractivity (Wildman–Crippen MR) is 146 cm³/mol. The Balaban J connectivity index is 1.35. The van der Waals surface area contributed by atoms with E-state index in [4.69, 9.17) is 33.2 Å². The van der Waals surface area contributed by atoms with E-state index in [-0.39, 0.29) is 12.2 Å². The Morgan fingerprint density at radius 2 is 1.61 bits per heavy atom. The minimum absolute atomic E-state index is 0.151. The number of cyclic esters (lactones) is 1. The first kappa shape index (κ1) is 34.0. The molecule has 1 aromatic carbocycles. The molecule has 8 N–H and O–H groups in total.